The number of fused-ring (bicyclic) bond motifs is 1. The van der Waals surface area contributed by atoms with Gasteiger partial charge in [-0.1, -0.05) is 16.4 Å². The van der Waals surface area contributed by atoms with Gasteiger partial charge in [-0.3, -0.25) is 10.1 Å². The lowest BCUT2D eigenvalue weighted by molar-refractivity contribution is -0.384. The van der Waals surface area contributed by atoms with Crippen LogP contribution in [0.3, 0.4) is 0 Å². The van der Waals surface area contributed by atoms with Crippen molar-refractivity contribution in [2.45, 2.75) is 0 Å². The SMILES string of the molecule is O=[N+]([O-])c1cc2c(cc1Cl)nnn2O. The third-order valence-corrected chi connectivity index (χ3v) is 2.00. The maximum atomic E-state index is 10.5. The van der Waals surface area contributed by atoms with Gasteiger partial charge >= 0.3 is 0 Å². The average molecular weight is 215 g/mol. The average Bonchev–Trinajstić information content (AvgIpc) is 2.46. The van der Waals surface area contributed by atoms with Crippen LogP contribution in [-0.4, -0.2) is 25.3 Å². The largest absolute Gasteiger partial charge is 0.410 e. The van der Waals surface area contributed by atoms with E-state index in [4.69, 9.17) is 16.8 Å². The number of hydrogen-bond donors (Lipinski definition) is 1. The molecule has 2 rings (SSSR count). The van der Waals surface area contributed by atoms with Crippen molar-refractivity contribution in [3.63, 3.8) is 0 Å². The summed E-state index contributed by atoms with van der Waals surface area (Å²) in [5, 5.41) is 26.3. The van der Waals surface area contributed by atoms with Gasteiger partial charge in [-0.05, 0) is 11.3 Å². The number of halogens is 1. The van der Waals surface area contributed by atoms with Crippen molar-refractivity contribution in [1.82, 2.24) is 15.2 Å². The molecule has 8 heteroatoms. The zero-order valence-corrected chi connectivity index (χ0v) is 7.34. The summed E-state index contributed by atoms with van der Waals surface area (Å²) in [6.45, 7) is 0. The van der Waals surface area contributed by atoms with Gasteiger partial charge in [0.1, 0.15) is 16.1 Å². The number of hydrogen-bond acceptors (Lipinski definition) is 5. The molecule has 1 heterocycles. The standard InChI is InChI=1S/C6H3ClN4O3/c7-3-1-4-6(10(12)9-8-4)2-5(3)11(13)14/h1-2,12H. The molecule has 0 atom stereocenters. The fourth-order valence-electron chi connectivity index (χ4n) is 1.06. The Kier molecular flexibility index (Phi) is 1.74. The Hall–Kier alpha value is -1.89. The van der Waals surface area contributed by atoms with Crippen molar-refractivity contribution in [2.24, 2.45) is 0 Å². The third-order valence-electron chi connectivity index (χ3n) is 1.69. The summed E-state index contributed by atoms with van der Waals surface area (Å²) in [6.07, 6.45) is 0. The highest BCUT2D eigenvalue weighted by atomic mass is 35.5. The summed E-state index contributed by atoms with van der Waals surface area (Å²) < 4.78 is 0. The van der Waals surface area contributed by atoms with Crippen LogP contribution in [0.1, 0.15) is 0 Å². The Morgan fingerprint density at radius 2 is 2.29 bits per heavy atom. The van der Waals surface area contributed by atoms with Gasteiger partial charge in [-0.25, -0.2) is 0 Å². The monoisotopic (exact) mass is 214 g/mol. The summed E-state index contributed by atoms with van der Waals surface area (Å²) >= 11 is 5.61. The molecule has 0 aliphatic heterocycles. The van der Waals surface area contributed by atoms with E-state index in [1.807, 2.05) is 0 Å². The Bertz CT molecular complexity index is 523. The molecule has 0 aliphatic rings. The van der Waals surface area contributed by atoms with Gasteiger partial charge in [0.05, 0.1) is 4.92 Å². The van der Waals surface area contributed by atoms with Crippen LogP contribution in [0.5, 0.6) is 0 Å². The van der Waals surface area contributed by atoms with E-state index in [1.165, 1.54) is 6.07 Å². The number of benzene rings is 1. The van der Waals surface area contributed by atoms with E-state index in [0.717, 1.165) is 6.07 Å². The van der Waals surface area contributed by atoms with E-state index in [0.29, 0.717) is 10.4 Å². The quantitative estimate of drug-likeness (QED) is 0.438. The van der Waals surface area contributed by atoms with E-state index in [1.54, 1.807) is 0 Å². The molecular weight excluding hydrogens is 212 g/mol. The first-order valence-corrected chi connectivity index (χ1v) is 3.86. The summed E-state index contributed by atoms with van der Waals surface area (Å²) in [5.74, 6) is 0. The van der Waals surface area contributed by atoms with Crippen LogP contribution >= 0.6 is 11.6 Å². The molecule has 72 valence electrons. The van der Waals surface area contributed by atoms with Crippen LogP contribution in [-0.2, 0) is 0 Å². The van der Waals surface area contributed by atoms with Gasteiger partial charge < -0.3 is 5.21 Å². The molecular formula is C6H3ClN4O3. The maximum Gasteiger partial charge on any atom is 0.290 e. The van der Waals surface area contributed by atoms with E-state index in [2.05, 4.69) is 10.3 Å². The minimum absolute atomic E-state index is 0.0389. The normalized spacial score (nSPS) is 10.6. The van der Waals surface area contributed by atoms with Crippen molar-refractivity contribution < 1.29 is 10.1 Å². The molecule has 0 amide bonds. The second-order valence-electron chi connectivity index (χ2n) is 2.53. The lowest BCUT2D eigenvalue weighted by Gasteiger charge is -1.94. The summed E-state index contributed by atoms with van der Waals surface area (Å²) in [6, 6.07) is 2.38. The minimum atomic E-state index is -0.644. The summed E-state index contributed by atoms with van der Waals surface area (Å²) in [4.78, 5) is 10.3. The predicted molar refractivity (Wildman–Crippen MR) is 46.4 cm³/mol. The van der Waals surface area contributed by atoms with E-state index in [-0.39, 0.29) is 16.2 Å². The molecule has 0 bridgehead atoms. The van der Waals surface area contributed by atoms with Crippen LogP contribution in [0.2, 0.25) is 5.02 Å². The Labute approximate surface area is 81.6 Å². The fraction of sp³-hybridized carbons (Fsp3) is 0. The van der Waals surface area contributed by atoms with Gasteiger partial charge in [0, 0.05) is 6.07 Å². The molecule has 0 unspecified atom stereocenters. The number of nitro groups is 1. The van der Waals surface area contributed by atoms with Gasteiger partial charge in [-0.15, -0.1) is 5.10 Å². The van der Waals surface area contributed by atoms with Crippen LogP contribution in [0.15, 0.2) is 12.1 Å². The van der Waals surface area contributed by atoms with Crippen molar-refractivity contribution in [3.8, 4) is 0 Å². The zero-order chi connectivity index (χ0) is 10.3. The lowest BCUT2D eigenvalue weighted by Crippen LogP contribution is -1.93. The van der Waals surface area contributed by atoms with Crippen LogP contribution < -0.4 is 0 Å². The molecule has 1 aromatic carbocycles. The molecule has 0 radical (unpaired) electrons. The van der Waals surface area contributed by atoms with Gasteiger partial charge in [0.2, 0.25) is 0 Å². The molecule has 1 N–H and O–H groups in total. The van der Waals surface area contributed by atoms with Gasteiger partial charge in [0.15, 0.2) is 0 Å². The molecule has 7 nitrogen and oxygen atoms in total. The number of rotatable bonds is 1. The first kappa shape index (κ1) is 8.70. The molecule has 1 aromatic heterocycles. The molecule has 0 aliphatic carbocycles. The minimum Gasteiger partial charge on any atom is -0.410 e. The van der Waals surface area contributed by atoms with Crippen molar-refractivity contribution in [2.75, 3.05) is 0 Å². The lowest BCUT2D eigenvalue weighted by atomic mass is 10.3. The molecule has 0 saturated heterocycles. The molecule has 0 saturated carbocycles. The molecule has 0 spiro atoms. The number of nitrogens with zero attached hydrogens (tertiary/aromatic N) is 4. The van der Waals surface area contributed by atoms with Crippen LogP contribution in [0, 0.1) is 10.1 Å². The summed E-state index contributed by atoms with van der Waals surface area (Å²) in [5.41, 5.74) is 0.140. The first-order valence-electron chi connectivity index (χ1n) is 3.48. The first-order chi connectivity index (χ1) is 6.59. The zero-order valence-electron chi connectivity index (χ0n) is 6.59. The van der Waals surface area contributed by atoms with Crippen LogP contribution in [0.4, 0.5) is 5.69 Å². The highest BCUT2D eigenvalue weighted by Gasteiger charge is 2.16. The van der Waals surface area contributed by atoms with Gasteiger partial charge in [0.25, 0.3) is 5.69 Å². The Balaban J connectivity index is 2.80. The Morgan fingerprint density at radius 1 is 1.57 bits per heavy atom. The number of nitro benzene ring substituents is 1. The smallest absolute Gasteiger partial charge is 0.290 e. The topological polar surface area (TPSA) is 94.1 Å². The Morgan fingerprint density at radius 3 is 2.93 bits per heavy atom. The fourth-order valence-corrected chi connectivity index (χ4v) is 1.29. The molecule has 2 aromatic rings. The third kappa shape index (κ3) is 1.14. The van der Waals surface area contributed by atoms with E-state index in [9.17, 15) is 10.1 Å². The molecule has 0 fully saturated rings. The highest BCUT2D eigenvalue weighted by molar-refractivity contribution is 6.33. The van der Waals surface area contributed by atoms with E-state index < -0.39 is 4.92 Å². The van der Waals surface area contributed by atoms with Crippen molar-refractivity contribution in [1.29, 1.82) is 0 Å². The second-order valence-corrected chi connectivity index (χ2v) is 2.94. The maximum absolute atomic E-state index is 10.5. The predicted octanol–water partition coefficient (Wildman–Crippen LogP) is 1.23. The van der Waals surface area contributed by atoms with Gasteiger partial charge in [-0.2, -0.15) is 0 Å². The second kappa shape index (κ2) is 2.81. The van der Waals surface area contributed by atoms with Crippen molar-refractivity contribution in [3.05, 3.63) is 27.3 Å². The van der Waals surface area contributed by atoms with E-state index >= 15 is 0 Å². The summed E-state index contributed by atoms with van der Waals surface area (Å²) in [7, 11) is 0. The number of aromatic nitrogens is 3. The highest BCUT2D eigenvalue weighted by Crippen LogP contribution is 2.28. The molecule has 14 heavy (non-hydrogen) atoms. The van der Waals surface area contributed by atoms with Crippen LogP contribution in [0.25, 0.3) is 11.0 Å². The van der Waals surface area contributed by atoms with Crippen molar-refractivity contribution >= 4 is 28.3 Å².